The number of ketones is 2. The molecule has 1 N–H and O–H groups in total. The van der Waals surface area contributed by atoms with Crippen LogP contribution in [-0.4, -0.2) is 21.5 Å². The lowest BCUT2D eigenvalue weighted by molar-refractivity contribution is 0.0970. The molecule has 1 aliphatic carbocycles. The van der Waals surface area contributed by atoms with Crippen LogP contribution < -0.4 is 5.32 Å². The number of rotatable bonds is 3. The second kappa shape index (κ2) is 5.24. The van der Waals surface area contributed by atoms with Crippen molar-refractivity contribution in [3.63, 3.8) is 0 Å². The molecule has 104 valence electrons. The van der Waals surface area contributed by atoms with E-state index in [0.717, 1.165) is 5.56 Å². The lowest BCUT2D eigenvalue weighted by atomic mass is 10.0. The third-order valence-corrected chi connectivity index (χ3v) is 3.06. The van der Waals surface area contributed by atoms with Gasteiger partial charge in [-0.2, -0.15) is 0 Å². The minimum atomic E-state index is -0.375. The summed E-state index contributed by atoms with van der Waals surface area (Å²) in [4.78, 5) is 31.8. The number of nitrogens with zero attached hydrogens (tertiary/aromatic N) is 2. The Bertz CT molecular complexity index is 754. The zero-order valence-electron chi connectivity index (χ0n) is 10.8. The number of hydrogen-bond donors (Lipinski definition) is 1. The number of aromatic nitrogens is 2. The van der Waals surface area contributed by atoms with Crippen molar-refractivity contribution in [1.29, 1.82) is 0 Å². The molecule has 0 atom stereocenters. The van der Waals surface area contributed by atoms with Crippen LogP contribution in [0.25, 0.3) is 0 Å². The molecular formula is C15H10FN3O2. The summed E-state index contributed by atoms with van der Waals surface area (Å²) in [6, 6.07) is 5.87. The molecule has 21 heavy (non-hydrogen) atoms. The summed E-state index contributed by atoms with van der Waals surface area (Å²) in [6.07, 6.45) is 3.95. The van der Waals surface area contributed by atoms with Gasteiger partial charge in [0.1, 0.15) is 17.2 Å². The number of Topliss-reactive ketones (excluding diaryl/α,β-unsaturated/α-hetero) is 1. The van der Waals surface area contributed by atoms with Crippen LogP contribution in [0.4, 0.5) is 4.39 Å². The molecule has 0 radical (unpaired) electrons. The third-order valence-electron chi connectivity index (χ3n) is 3.06. The molecule has 0 fully saturated rings. The van der Waals surface area contributed by atoms with E-state index in [1.807, 2.05) is 0 Å². The molecule has 0 saturated heterocycles. The predicted octanol–water partition coefficient (Wildman–Crippen LogP) is 1.67. The molecular weight excluding hydrogens is 273 g/mol. The fourth-order valence-electron chi connectivity index (χ4n) is 2.01. The highest BCUT2D eigenvalue weighted by Crippen LogP contribution is 2.16. The third kappa shape index (κ3) is 2.55. The number of allylic oxidation sites excluding steroid dienone is 2. The lowest BCUT2D eigenvalue weighted by Gasteiger charge is -2.14. The highest BCUT2D eigenvalue weighted by molar-refractivity contribution is 6.22. The summed E-state index contributed by atoms with van der Waals surface area (Å²) in [5.74, 6) is -1.06. The van der Waals surface area contributed by atoms with Gasteiger partial charge in [0.05, 0.1) is 5.70 Å². The zero-order chi connectivity index (χ0) is 14.8. The highest BCUT2D eigenvalue weighted by Gasteiger charge is 2.27. The smallest absolute Gasteiger partial charge is 0.229 e. The maximum atomic E-state index is 12.8. The summed E-state index contributed by atoms with van der Waals surface area (Å²) in [5, 5.41) is 2.88. The van der Waals surface area contributed by atoms with Crippen LogP contribution in [-0.2, 0) is 6.54 Å². The summed E-state index contributed by atoms with van der Waals surface area (Å²) < 4.78 is 12.8. The first kappa shape index (κ1) is 13.1. The lowest BCUT2D eigenvalue weighted by Crippen LogP contribution is -2.28. The molecule has 0 saturated carbocycles. The average molecular weight is 283 g/mol. The van der Waals surface area contributed by atoms with E-state index >= 15 is 0 Å². The fourth-order valence-corrected chi connectivity index (χ4v) is 2.01. The number of carbonyl (C=O) groups excluding carboxylic acids is 2. The molecule has 0 bridgehead atoms. The van der Waals surface area contributed by atoms with Gasteiger partial charge in [0.2, 0.25) is 11.6 Å². The molecule has 1 aromatic heterocycles. The van der Waals surface area contributed by atoms with Crippen molar-refractivity contribution in [1.82, 2.24) is 15.3 Å². The Morgan fingerprint density at radius 1 is 1.00 bits per heavy atom. The maximum absolute atomic E-state index is 12.8. The van der Waals surface area contributed by atoms with E-state index in [1.54, 1.807) is 12.1 Å². The van der Waals surface area contributed by atoms with E-state index in [1.165, 1.54) is 30.6 Å². The van der Waals surface area contributed by atoms with Crippen molar-refractivity contribution >= 4 is 11.6 Å². The number of fused-ring (bicyclic) bond motifs is 1. The van der Waals surface area contributed by atoms with Crippen LogP contribution in [0.2, 0.25) is 0 Å². The van der Waals surface area contributed by atoms with Crippen molar-refractivity contribution < 1.29 is 14.0 Å². The van der Waals surface area contributed by atoms with Crippen LogP contribution >= 0.6 is 0 Å². The van der Waals surface area contributed by atoms with E-state index < -0.39 is 0 Å². The molecule has 3 rings (SSSR count). The van der Waals surface area contributed by atoms with Crippen LogP contribution in [0.1, 0.15) is 26.5 Å². The van der Waals surface area contributed by atoms with Gasteiger partial charge in [-0.25, -0.2) is 14.4 Å². The minimum Gasteiger partial charge on any atom is -0.378 e. The second-order valence-corrected chi connectivity index (χ2v) is 4.48. The Morgan fingerprint density at radius 2 is 1.67 bits per heavy atom. The van der Waals surface area contributed by atoms with Gasteiger partial charge in [-0.3, -0.25) is 9.59 Å². The molecule has 2 aromatic rings. The standard InChI is InChI=1S/C15H10FN3O2/c16-10-3-1-9(2-4-10)8-19-11-7-12(20)13-14(15(11)21)18-6-5-17-13/h1-7,19H,8H2. The number of nitrogens with one attached hydrogen (secondary N) is 1. The number of halogens is 1. The normalized spacial score (nSPS) is 13.7. The van der Waals surface area contributed by atoms with E-state index in [0.29, 0.717) is 6.54 Å². The van der Waals surface area contributed by atoms with Gasteiger partial charge in [0.15, 0.2) is 0 Å². The van der Waals surface area contributed by atoms with Crippen molar-refractivity contribution in [3.8, 4) is 0 Å². The Morgan fingerprint density at radius 3 is 2.38 bits per heavy atom. The SMILES string of the molecule is O=C1C=C(NCc2ccc(F)cc2)C(=O)c2nccnc21. The fraction of sp³-hybridized carbons (Fsp3) is 0.0667. The van der Waals surface area contributed by atoms with Crippen molar-refractivity contribution in [3.05, 3.63) is 71.2 Å². The van der Waals surface area contributed by atoms with Gasteiger partial charge in [0.25, 0.3) is 0 Å². The first-order valence-electron chi connectivity index (χ1n) is 6.25. The monoisotopic (exact) mass is 283 g/mol. The van der Waals surface area contributed by atoms with E-state index in [9.17, 15) is 14.0 Å². The first-order chi connectivity index (χ1) is 10.1. The minimum absolute atomic E-state index is 0.0478. The van der Waals surface area contributed by atoms with E-state index in [4.69, 9.17) is 0 Å². The van der Waals surface area contributed by atoms with Crippen LogP contribution in [0.5, 0.6) is 0 Å². The average Bonchev–Trinajstić information content (AvgIpc) is 2.51. The van der Waals surface area contributed by atoms with E-state index in [-0.39, 0.29) is 34.5 Å². The highest BCUT2D eigenvalue weighted by atomic mass is 19.1. The van der Waals surface area contributed by atoms with Gasteiger partial charge in [-0.05, 0) is 17.7 Å². The van der Waals surface area contributed by atoms with Gasteiger partial charge >= 0.3 is 0 Å². The number of hydrogen-bond acceptors (Lipinski definition) is 5. The van der Waals surface area contributed by atoms with Crippen LogP contribution in [0.3, 0.4) is 0 Å². The van der Waals surface area contributed by atoms with Crippen LogP contribution in [0, 0.1) is 5.82 Å². The predicted molar refractivity (Wildman–Crippen MR) is 72.0 cm³/mol. The van der Waals surface area contributed by atoms with E-state index in [2.05, 4.69) is 15.3 Å². The quantitative estimate of drug-likeness (QED) is 0.927. The second-order valence-electron chi connectivity index (χ2n) is 4.48. The molecule has 5 nitrogen and oxygen atoms in total. The summed E-state index contributed by atoms with van der Waals surface area (Å²) in [5.41, 5.74) is 1.07. The number of benzene rings is 1. The Labute approximate surface area is 119 Å². The molecule has 0 aliphatic heterocycles. The van der Waals surface area contributed by atoms with Crippen molar-refractivity contribution in [2.75, 3.05) is 0 Å². The van der Waals surface area contributed by atoms with Gasteiger partial charge < -0.3 is 5.32 Å². The molecule has 0 spiro atoms. The largest absolute Gasteiger partial charge is 0.378 e. The maximum Gasteiger partial charge on any atom is 0.229 e. The van der Waals surface area contributed by atoms with Crippen molar-refractivity contribution in [2.45, 2.75) is 6.54 Å². The van der Waals surface area contributed by atoms with Crippen molar-refractivity contribution in [2.24, 2.45) is 0 Å². The molecule has 6 heteroatoms. The molecule has 1 heterocycles. The summed E-state index contributed by atoms with van der Waals surface area (Å²) >= 11 is 0. The summed E-state index contributed by atoms with van der Waals surface area (Å²) in [7, 11) is 0. The van der Waals surface area contributed by atoms with Gasteiger partial charge in [-0.1, -0.05) is 12.1 Å². The Hall–Kier alpha value is -2.89. The first-order valence-corrected chi connectivity index (χ1v) is 6.25. The molecule has 1 aliphatic rings. The topological polar surface area (TPSA) is 72.0 Å². The Balaban J connectivity index is 1.79. The van der Waals surface area contributed by atoms with Gasteiger partial charge in [-0.15, -0.1) is 0 Å². The number of carbonyl (C=O) groups is 2. The van der Waals surface area contributed by atoms with Crippen LogP contribution in [0.15, 0.2) is 48.4 Å². The van der Waals surface area contributed by atoms with Gasteiger partial charge in [0, 0.05) is 25.0 Å². The zero-order valence-corrected chi connectivity index (χ0v) is 10.8. The molecule has 0 unspecified atom stereocenters. The molecule has 1 aromatic carbocycles. The summed E-state index contributed by atoms with van der Waals surface area (Å²) in [6.45, 7) is 0.306. The molecule has 0 amide bonds. The Kier molecular flexibility index (Phi) is 3.27.